The molecule has 0 radical (unpaired) electrons. The van der Waals surface area contributed by atoms with E-state index >= 15 is 0 Å². The summed E-state index contributed by atoms with van der Waals surface area (Å²) in [6.07, 6.45) is 8.62. The first-order valence-corrected chi connectivity index (χ1v) is 10.7. The van der Waals surface area contributed by atoms with Gasteiger partial charge in [-0.15, -0.1) is 0 Å². The van der Waals surface area contributed by atoms with Crippen molar-refractivity contribution in [1.29, 1.82) is 0 Å². The summed E-state index contributed by atoms with van der Waals surface area (Å²) < 4.78 is 7.26. The molecule has 0 fully saturated rings. The molecule has 2 aromatic heterocycles. The fourth-order valence-corrected chi connectivity index (χ4v) is 3.21. The van der Waals surface area contributed by atoms with Crippen LogP contribution in [0.15, 0.2) is 91.4 Å². The van der Waals surface area contributed by atoms with Crippen LogP contribution >= 0.6 is 0 Å². The third-order valence-electron chi connectivity index (χ3n) is 5.13. The van der Waals surface area contributed by atoms with Crippen molar-refractivity contribution in [1.82, 2.24) is 19.7 Å². The molecule has 4 rings (SSSR count). The van der Waals surface area contributed by atoms with Crippen molar-refractivity contribution >= 4 is 17.8 Å². The first-order chi connectivity index (χ1) is 16.5. The van der Waals surface area contributed by atoms with Crippen molar-refractivity contribution < 1.29 is 14.3 Å². The predicted molar refractivity (Wildman–Crippen MR) is 131 cm³/mol. The highest BCUT2D eigenvalue weighted by Gasteiger charge is 2.11. The van der Waals surface area contributed by atoms with E-state index in [2.05, 4.69) is 4.98 Å². The van der Waals surface area contributed by atoms with Gasteiger partial charge in [0.25, 0.3) is 5.91 Å². The molecule has 0 saturated heterocycles. The van der Waals surface area contributed by atoms with E-state index in [1.165, 1.54) is 11.0 Å². The largest absolute Gasteiger partial charge is 0.484 e. The Morgan fingerprint density at radius 2 is 1.68 bits per heavy atom. The van der Waals surface area contributed by atoms with Crippen LogP contribution in [0.25, 0.3) is 23.0 Å². The zero-order valence-corrected chi connectivity index (χ0v) is 19.0. The van der Waals surface area contributed by atoms with Gasteiger partial charge in [-0.1, -0.05) is 18.2 Å². The molecule has 0 aliphatic carbocycles. The summed E-state index contributed by atoms with van der Waals surface area (Å²) >= 11 is 0. The lowest BCUT2D eigenvalue weighted by Gasteiger charge is -2.11. The Hall–Kier alpha value is -4.52. The van der Waals surface area contributed by atoms with Crippen LogP contribution in [0.1, 0.15) is 15.9 Å². The molecule has 0 bridgehead atoms. The number of benzene rings is 2. The molecule has 7 nitrogen and oxygen atoms in total. The first-order valence-electron chi connectivity index (χ1n) is 10.7. The summed E-state index contributed by atoms with van der Waals surface area (Å²) in [5, 5.41) is 4.74. The number of ketones is 1. The van der Waals surface area contributed by atoms with Gasteiger partial charge in [-0.25, -0.2) is 4.68 Å². The Morgan fingerprint density at radius 1 is 0.971 bits per heavy atom. The molecule has 2 heterocycles. The number of carbonyl (C=O) groups is 2. The number of pyridine rings is 1. The monoisotopic (exact) mass is 452 g/mol. The molecule has 170 valence electrons. The van der Waals surface area contributed by atoms with E-state index in [0.717, 1.165) is 22.5 Å². The van der Waals surface area contributed by atoms with Crippen molar-refractivity contribution in [3.05, 3.63) is 103 Å². The lowest BCUT2D eigenvalue weighted by Crippen LogP contribution is -2.27. The van der Waals surface area contributed by atoms with E-state index in [4.69, 9.17) is 9.84 Å². The third kappa shape index (κ3) is 5.45. The SMILES string of the molecule is CN(C)C(=O)COc1ccc(C(=O)/C=C/c2cn(-c3ccccc3)nc2-c2ccncc2)cc1. The number of likely N-dealkylation sites (N-methyl/N-ethyl adjacent to an activating group) is 1. The second-order valence-electron chi connectivity index (χ2n) is 7.75. The summed E-state index contributed by atoms with van der Waals surface area (Å²) in [7, 11) is 3.34. The highest BCUT2D eigenvalue weighted by molar-refractivity contribution is 6.07. The zero-order chi connectivity index (χ0) is 23.9. The standard InChI is InChI=1S/C27H24N4O3/c1-30(2)26(33)19-34-24-11-8-20(9-12-24)25(32)13-10-22-18-31(23-6-4-3-5-7-23)29-27(22)21-14-16-28-17-15-21/h3-18H,19H2,1-2H3/b13-10+. The van der Waals surface area contributed by atoms with E-state index in [-0.39, 0.29) is 18.3 Å². The van der Waals surface area contributed by atoms with Gasteiger partial charge in [0.1, 0.15) is 11.4 Å². The molecular weight excluding hydrogens is 428 g/mol. The Bertz CT molecular complexity index is 1290. The number of ether oxygens (including phenoxy) is 1. The minimum atomic E-state index is -0.149. The van der Waals surface area contributed by atoms with E-state index in [1.807, 2.05) is 48.7 Å². The molecule has 7 heteroatoms. The maximum absolute atomic E-state index is 12.8. The van der Waals surface area contributed by atoms with Gasteiger partial charge in [0.05, 0.1) is 5.69 Å². The van der Waals surface area contributed by atoms with Crippen LogP contribution in [0.3, 0.4) is 0 Å². The fraction of sp³-hybridized carbons (Fsp3) is 0.111. The van der Waals surface area contributed by atoms with Crippen LogP contribution in [0.4, 0.5) is 0 Å². The molecule has 0 aliphatic heterocycles. The van der Waals surface area contributed by atoms with Crippen LogP contribution in [-0.4, -0.2) is 52.1 Å². The Morgan fingerprint density at radius 3 is 2.35 bits per heavy atom. The van der Waals surface area contributed by atoms with Gasteiger partial charge in [-0.2, -0.15) is 5.10 Å². The topological polar surface area (TPSA) is 77.3 Å². The van der Waals surface area contributed by atoms with E-state index in [1.54, 1.807) is 61.5 Å². The van der Waals surface area contributed by atoms with E-state index < -0.39 is 0 Å². The molecule has 0 saturated carbocycles. The number of para-hydroxylation sites is 1. The maximum atomic E-state index is 12.8. The van der Waals surface area contributed by atoms with Crippen LogP contribution in [0, 0.1) is 0 Å². The van der Waals surface area contributed by atoms with E-state index in [9.17, 15) is 9.59 Å². The Labute approximate surface area is 197 Å². The summed E-state index contributed by atoms with van der Waals surface area (Å²) in [4.78, 5) is 30.0. The number of hydrogen-bond acceptors (Lipinski definition) is 5. The molecule has 4 aromatic rings. The van der Waals surface area contributed by atoms with Gasteiger partial charge in [0, 0.05) is 49.4 Å². The first kappa shape index (κ1) is 22.7. The highest BCUT2D eigenvalue weighted by atomic mass is 16.5. The number of carbonyl (C=O) groups excluding carboxylic acids is 2. The number of hydrogen-bond donors (Lipinski definition) is 0. The highest BCUT2D eigenvalue weighted by Crippen LogP contribution is 2.24. The number of allylic oxidation sites excluding steroid dienone is 1. The lowest BCUT2D eigenvalue weighted by atomic mass is 10.1. The third-order valence-corrected chi connectivity index (χ3v) is 5.13. The van der Waals surface area contributed by atoms with Crippen molar-refractivity contribution in [2.75, 3.05) is 20.7 Å². The van der Waals surface area contributed by atoms with Crippen LogP contribution in [0.5, 0.6) is 5.75 Å². The molecule has 0 atom stereocenters. The summed E-state index contributed by atoms with van der Waals surface area (Å²) in [5.74, 6) is 0.244. The molecule has 0 aliphatic rings. The van der Waals surface area contributed by atoms with Crippen molar-refractivity contribution in [3.8, 4) is 22.7 Å². The average Bonchev–Trinajstić information content (AvgIpc) is 3.31. The molecule has 0 N–H and O–H groups in total. The minimum Gasteiger partial charge on any atom is -0.484 e. The number of nitrogens with zero attached hydrogens (tertiary/aromatic N) is 4. The maximum Gasteiger partial charge on any atom is 0.259 e. The summed E-state index contributed by atoms with van der Waals surface area (Å²) in [6.45, 7) is -0.0522. The van der Waals surface area contributed by atoms with Crippen molar-refractivity contribution in [2.45, 2.75) is 0 Å². The van der Waals surface area contributed by atoms with Crippen molar-refractivity contribution in [3.63, 3.8) is 0 Å². The van der Waals surface area contributed by atoms with Gasteiger partial charge in [-0.05, 0) is 60.7 Å². The minimum absolute atomic E-state index is 0.0522. The zero-order valence-electron chi connectivity index (χ0n) is 19.0. The average molecular weight is 453 g/mol. The predicted octanol–water partition coefficient (Wildman–Crippen LogP) is 4.30. The molecule has 2 aromatic carbocycles. The summed E-state index contributed by atoms with van der Waals surface area (Å²) in [5.41, 5.74) is 3.91. The normalized spacial score (nSPS) is 10.9. The molecule has 34 heavy (non-hydrogen) atoms. The van der Waals surface area contributed by atoms with Gasteiger partial charge in [0.2, 0.25) is 0 Å². The molecule has 1 amide bonds. The fourth-order valence-electron chi connectivity index (χ4n) is 3.21. The van der Waals surface area contributed by atoms with Gasteiger partial charge < -0.3 is 9.64 Å². The van der Waals surface area contributed by atoms with Gasteiger partial charge in [0.15, 0.2) is 12.4 Å². The second kappa shape index (κ2) is 10.4. The number of amides is 1. The van der Waals surface area contributed by atoms with Crippen LogP contribution < -0.4 is 4.74 Å². The molecule has 0 unspecified atom stereocenters. The molecule has 0 spiro atoms. The van der Waals surface area contributed by atoms with Crippen LogP contribution in [0.2, 0.25) is 0 Å². The Balaban J connectivity index is 1.54. The van der Waals surface area contributed by atoms with E-state index in [0.29, 0.717) is 11.3 Å². The smallest absolute Gasteiger partial charge is 0.259 e. The quantitative estimate of drug-likeness (QED) is 0.294. The molecular formula is C27H24N4O3. The van der Waals surface area contributed by atoms with Gasteiger partial charge in [-0.3, -0.25) is 14.6 Å². The second-order valence-corrected chi connectivity index (χ2v) is 7.75. The Kier molecular flexibility index (Phi) is 6.93. The van der Waals surface area contributed by atoms with Crippen LogP contribution in [-0.2, 0) is 4.79 Å². The van der Waals surface area contributed by atoms with Crippen molar-refractivity contribution in [2.24, 2.45) is 0 Å². The number of aromatic nitrogens is 3. The lowest BCUT2D eigenvalue weighted by molar-refractivity contribution is -0.130. The van der Waals surface area contributed by atoms with Gasteiger partial charge >= 0.3 is 0 Å². The summed E-state index contributed by atoms with van der Waals surface area (Å²) in [6, 6.07) is 20.3. The number of rotatable bonds is 8.